The standard InChI is InChI=1S/C14H23N3O2/c18-14(17-9-11-19-12-10-17)5-3-1-2-4-7-16-8-6-15-13-16/h6,8,13H,1-5,7,9-12H2. The summed E-state index contributed by atoms with van der Waals surface area (Å²) in [5, 5.41) is 0. The van der Waals surface area contributed by atoms with E-state index in [2.05, 4.69) is 9.55 Å². The van der Waals surface area contributed by atoms with Crippen LogP contribution in [0.15, 0.2) is 18.7 Å². The molecule has 1 aliphatic rings. The molecule has 0 radical (unpaired) electrons. The average Bonchev–Trinajstić information content (AvgIpc) is 2.96. The molecule has 0 bridgehead atoms. The number of hydrogen-bond donors (Lipinski definition) is 0. The molecule has 1 aromatic rings. The van der Waals surface area contributed by atoms with Gasteiger partial charge in [0.25, 0.3) is 0 Å². The molecule has 1 amide bonds. The van der Waals surface area contributed by atoms with Gasteiger partial charge in [0.05, 0.1) is 19.5 Å². The lowest BCUT2D eigenvalue weighted by Crippen LogP contribution is -2.40. The van der Waals surface area contributed by atoms with Gasteiger partial charge in [-0.3, -0.25) is 4.79 Å². The van der Waals surface area contributed by atoms with Crippen molar-refractivity contribution in [3.63, 3.8) is 0 Å². The smallest absolute Gasteiger partial charge is 0.222 e. The molecule has 1 saturated heterocycles. The summed E-state index contributed by atoms with van der Waals surface area (Å²) in [4.78, 5) is 17.8. The molecule has 0 aromatic carbocycles. The van der Waals surface area contributed by atoms with E-state index in [9.17, 15) is 4.79 Å². The van der Waals surface area contributed by atoms with Crippen molar-refractivity contribution in [3.8, 4) is 0 Å². The zero-order valence-corrected chi connectivity index (χ0v) is 11.5. The molecule has 106 valence electrons. The Bertz CT molecular complexity index is 359. The summed E-state index contributed by atoms with van der Waals surface area (Å²) in [5.41, 5.74) is 0. The van der Waals surface area contributed by atoms with E-state index in [1.807, 2.05) is 17.4 Å². The molecule has 5 nitrogen and oxygen atoms in total. The molecule has 2 heterocycles. The van der Waals surface area contributed by atoms with Crippen molar-refractivity contribution >= 4 is 5.91 Å². The molecule has 0 N–H and O–H groups in total. The molecule has 19 heavy (non-hydrogen) atoms. The Kier molecular flexibility index (Phi) is 5.88. The number of hydrogen-bond acceptors (Lipinski definition) is 3. The fourth-order valence-electron chi connectivity index (χ4n) is 2.31. The van der Waals surface area contributed by atoms with Crippen molar-refractivity contribution in [2.75, 3.05) is 26.3 Å². The third kappa shape index (κ3) is 5.03. The first-order chi connectivity index (χ1) is 9.36. The third-order valence-corrected chi connectivity index (χ3v) is 3.48. The van der Waals surface area contributed by atoms with Gasteiger partial charge in [-0.25, -0.2) is 4.98 Å². The average molecular weight is 265 g/mol. The number of amides is 1. The molecular formula is C14H23N3O2. The highest BCUT2D eigenvalue weighted by Crippen LogP contribution is 2.08. The largest absolute Gasteiger partial charge is 0.378 e. The minimum absolute atomic E-state index is 0.290. The van der Waals surface area contributed by atoms with E-state index in [0.717, 1.165) is 38.9 Å². The SMILES string of the molecule is O=C(CCCCCCn1ccnc1)N1CCOCC1. The van der Waals surface area contributed by atoms with Crippen molar-refractivity contribution in [1.82, 2.24) is 14.5 Å². The highest BCUT2D eigenvalue weighted by molar-refractivity contribution is 5.76. The van der Waals surface area contributed by atoms with Crippen LogP contribution < -0.4 is 0 Å². The van der Waals surface area contributed by atoms with Gasteiger partial charge in [0.2, 0.25) is 5.91 Å². The second-order valence-electron chi connectivity index (χ2n) is 4.96. The van der Waals surface area contributed by atoms with Gasteiger partial charge in [-0.2, -0.15) is 0 Å². The Morgan fingerprint density at radius 3 is 2.68 bits per heavy atom. The second-order valence-corrected chi connectivity index (χ2v) is 4.96. The van der Waals surface area contributed by atoms with Crippen molar-refractivity contribution < 1.29 is 9.53 Å². The predicted molar refractivity (Wildman–Crippen MR) is 72.7 cm³/mol. The van der Waals surface area contributed by atoms with Gasteiger partial charge in [0.15, 0.2) is 0 Å². The fraction of sp³-hybridized carbons (Fsp3) is 0.714. The number of ether oxygens (including phenoxy) is 1. The van der Waals surface area contributed by atoms with Crippen LogP contribution in [-0.4, -0.2) is 46.7 Å². The molecule has 2 rings (SSSR count). The topological polar surface area (TPSA) is 47.4 Å². The monoisotopic (exact) mass is 265 g/mol. The van der Waals surface area contributed by atoms with Crippen LogP contribution in [0.2, 0.25) is 0 Å². The van der Waals surface area contributed by atoms with Gasteiger partial charge in [0, 0.05) is 38.4 Å². The molecule has 0 atom stereocenters. The highest BCUT2D eigenvalue weighted by Gasteiger charge is 2.15. The summed E-state index contributed by atoms with van der Waals surface area (Å²) >= 11 is 0. The van der Waals surface area contributed by atoms with Crippen LogP contribution in [0.4, 0.5) is 0 Å². The van der Waals surface area contributed by atoms with E-state index in [0.29, 0.717) is 19.6 Å². The Hall–Kier alpha value is -1.36. The van der Waals surface area contributed by atoms with E-state index < -0.39 is 0 Å². The summed E-state index contributed by atoms with van der Waals surface area (Å²) in [6.45, 7) is 3.93. The van der Waals surface area contributed by atoms with E-state index in [1.54, 1.807) is 6.20 Å². The number of aryl methyl sites for hydroxylation is 1. The summed E-state index contributed by atoms with van der Waals surface area (Å²) in [6, 6.07) is 0. The van der Waals surface area contributed by atoms with Gasteiger partial charge in [-0.1, -0.05) is 12.8 Å². The molecule has 1 fully saturated rings. The molecular weight excluding hydrogens is 242 g/mol. The molecule has 1 aromatic heterocycles. The van der Waals surface area contributed by atoms with Crippen LogP contribution in [0.1, 0.15) is 32.1 Å². The van der Waals surface area contributed by atoms with Gasteiger partial charge < -0.3 is 14.2 Å². The van der Waals surface area contributed by atoms with Crippen LogP contribution in [0.25, 0.3) is 0 Å². The van der Waals surface area contributed by atoms with E-state index in [-0.39, 0.29) is 5.91 Å². The first-order valence-corrected chi connectivity index (χ1v) is 7.17. The van der Waals surface area contributed by atoms with E-state index in [4.69, 9.17) is 4.74 Å². The summed E-state index contributed by atoms with van der Waals surface area (Å²) in [7, 11) is 0. The lowest BCUT2D eigenvalue weighted by Gasteiger charge is -2.26. The maximum Gasteiger partial charge on any atom is 0.222 e. The Labute approximate surface area is 114 Å². The van der Waals surface area contributed by atoms with Gasteiger partial charge in [0.1, 0.15) is 0 Å². The summed E-state index contributed by atoms with van der Waals surface area (Å²) < 4.78 is 7.34. The first kappa shape index (κ1) is 14.1. The molecule has 0 unspecified atom stereocenters. The molecule has 0 saturated carbocycles. The predicted octanol–water partition coefficient (Wildman–Crippen LogP) is 1.69. The quantitative estimate of drug-likeness (QED) is 0.705. The van der Waals surface area contributed by atoms with Crippen LogP contribution in [0, 0.1) is 0 Å². The number of nitrogens with zero attached hydrogens (tertiary/aromatic N) is 3. The summed E-state index contributed by atoms with van der Waals surface area (Å²) in [5.74, 6) is 0.290. The number of carbonyl (C=O) groups excluding carboxylic acids is 1. The Morgan fingerprint density at radius 2 is 1.95 bits per heavy atom. The number of aromatic nitrogens is 2. The fourth-order valence-corrected chi connectivity index (χ4v) is 2.31. The zero-order chi connectivity index (χ0) is 13.3. The van der Waals surface area contributed by atoms with E-state index in [1.165, 1.54) is 6.42 Å². The van der Waals surface area contributed by atoms with Crippen molar-refractivity contribution in [3.05, 3.63) is 18.7 Å². The molecule has 1 aliphatic heterocycles. The van der Waals surface area contributed by atoms with Crippen molar-refractivity contribution in [1.29, 1.82) is 0 Å². The van der Waals surface area contributed by atoms with Crippen molar-refractivity contribution in [2.24, 2.45) is 0 Å². The minimum Gasteiger partial charge on any atom is -0.378 e. The van der Waals surface area contributed by atoms with Crippen LogP contribution >= 0.6 is 0 Å². The van der Waals surface area contributed by atoms with Crippen LogP contribution in [0.3, 0.4) is 0 Å². The number of morpholine rings is 1. The summed E-state index contributed by atoms with van der Waals surface area (Å²) in [6.07, 6.45) is 10.8. The van der Waals surface area contributed by atoms with Gasteiger partial charge >= 0.3 is 0 Å². The van der Waals surface area contributed by atoms with Crippen LogP contribution in [0.5, 0.6) is 0 Å². The highest BCUT2D eigenvalue weighted by atomic mass is 16.5. The molecule has 5 heteroatoms. The lowest BCUT2D eigenvalue weighted by atomic mass is 10.1. The van der Waals surface area contributed by atoms with Gasteiger partial charge in [-0.05, 0) is 12.8 Å². The Morgan fingerprint density at radius 1 is 1.16 bits per heavy atom. The molecule has 0 aliphatic carbocycles. The number of imidazole rings is 1. The lowest BCUT2D eigenvalue weighted by molar-refractivity contribution is -0.135. The maximum absolute atomic E-state index is 11.9. The number of carbonyl (C=O) groups is 1. The van der Waals surface area contributed by atoms with Crippen molar-refractivity contribution in [2.45, 2.75) is 38.6 Å². The van der Waals surface area contributed by atoms with E-state index >= 15 is 0 Å². The number of unbranched alkanes of at least 4 members (excludes halogenated alkanes) is 3. The first-order valence-electron chi connectivity index (χ1n) is 7.17. The Balaban J connectivity index is 1.48. The molecule has 0 spiro atoms. The number of rotatable bonds is 7. The second kappa shape index (κ2) is 7.94. The minimum atomic E-state index is 0.290. The van der Waals surface area contributed by atoms with Gasteiger partial charge in [-0.15, -0.1) is 0 Å². The van der Waals surface area contributed by atoms with Crippen LogP contribution in [-0.2, 0) is 16.1 Å². The normalized spacial score (nSPS) is 15.7. The third-order valence-electron chi connectivity index (χ3n) is 3.48. The zero-order valence-electron chi connectivity index (χ0n) is 11.5. The maximum atomic E-state index is 11.9.